The minimum Gasteiger partial charge on any atom is -0.493 e. The van der Waals surface area contributed by atoms with Gasteiger partial charge in [-0.15, -0.1) is 0 Å². The van der Waals surface area contributed by atoms with E-state index in [1.165, 1.54) is 12.1 Å². The first-order chi connectivity index (χ1) is 10.1. The number of anilines is 1. The molecule has 0 aromatic heterocycles. The van der Waals surface area contributed by atoms with E-state index in [9.17, 15) is 4.39 Å². The van der Waals surface area contributed by atoms with Crippen molar-refractivity contribution in [3.05, 3.63) is 52.8 Å². The summed E-state index contributed by atoms with van der Waals surface area (Å²) in [5.41, 5.74) is 7.67. The molecule has 0 aliphatic carbocycles. The van der Waals surface area contributed by atoms with Crippen molar-refractivity contribution >= 4 is 17.3 Å². The van der Waals surface area contributed by atoms with Gasteiger partial charge in [0.05, 0.1) is 24.9 Å². The number of nitrogens with one attached hydrogen (secondary N) is 2. The average Bonchev–Trinajstić information content (AvgIpc) is 2.50. The predicted octanol–water partition coefficient (Wildman–Crippen LogP) is 3.61. The second-order valence-corrected chi connectivity index (χ2v) is 4.70. The molecule has 0 unspecified atom stereocenters. The normalized spacial score (nSPS) is 10.3. The second kappa shape index (κ2) is 7.15. The van der Waals surface area contributed by atoms with Crippen LogP contribution in [0.15, 0.2) is 36.4 Å². The fraction of sp³-hybridized carbons (Fsp3) is 0.200. The smallest absolute Gasteiger partial charge is 0.161 e. The maximum atomic E-state index is 13.0. The van der Waals surface area contributed by atoms with Crippen molar-refractivity contribution < 1.29 is 13.9 Å². The zero-order valence-corrected chi connectivity index (χ0v) is 12.5. The van der Waals surface area contributed by atoms with Crippen molar-refractivity contribution in [2.45, 2.75) is 6.54 Å². The molecule has 6 heteroatoms. The summed E-state index contributed by atoms with van der Waals surface area (Å²) in [4.78, 5) is 0. The molecule has 2 aromatic carbocycles. The SMILES string of the molecule is COc1ccc(CNNc2ccc(F)c(Cl)c2)cc1OC. The fourth-order valence-corrected chi connectivity index (χ4v) is 1.99. The van der Waals surface area contributed by atoms with E-state index in [1.54, 1.807) is 20.3 Å². The summed E-state index contributed by atoms with van der Waals surface area (Å²) in [5.74, 6) is 0.906. The van der Waals surface area contributed by atoms with E-state index in [0.29, 0.717) is 23.7 Å². The van der Waals surface area contributed by atoms with Crippen LogP contribution in [0.2, 0.25) is 5.02 Å². The maximum absolute atomic E-state index is 13.0. The quantitative estimate of drug-likeness (QED) is 0.800. The monoisotopic (exact) mass is 310 g/mol. The van der Waals surface area contributed by atoms with Gasteiger partial charge in [0.15, 0.2) is 11.5 Å². The van der Waals surface area contributed by atoms with E-state index in [-0.39, 0.29) is 5.02 Å². The number of hydrazine groups is 1. The van der Waals surface area contributed by atoms with Crippen LogP contribution < -0.4 is 20.3 Å². The molecule has 2 aromatic rings. The van der Waals surface area contributed by atoms with Crippen LogP contribution in [0.3, 0.4) is 0 Å². The minimum atomic E-state index is -0.442. The van der Waals surface area contributed by atoms with Crippen LogP contribution in [0.5, 0.6) is 11.5 Å². The van der Waals surface area contributed by atoms with Gasteiger partial charge >= 0.3 is 0 Å². The summed E-state index contributed by atoms with van der Waals surface area (Å²) in [6.45, 7) is 0.551. The summed E-state index contributed by atoms with van der Waals surface area (Å²) in [6.07, 6.45) is 0. The van der Waals surface area contributed by atoms with Crippen molar-refractivity contribution in [1.29, 1.82) is 0 Å². The predicted molar refractivity (Wildman–Crippen MR) is 81.4 cm³/mol. The highest BCUT2D eigenvalue weighted by molar-refractivity contribution is 6.31. The lowest BCUT2D eigenvalue weighted by atomic mass is 10.2. The molecular weight excluding hydrogens is 295 g/mol. The number of benzene rings is 2. The first kappa shape index (κ1) is 15.4. The van der Waals surface area contributed by atoms with Crippen molar-refractivity contribution in [3.63, 3.8) is 0 Å². The van der Waals surface area contributed by atoms with Gasteiger partial charge in [-0.1, -0.05) is 17.7 Å². The molecule has 21 heavy (non-hydrogen) atoms. The van der Waals surface area contributed by atoms with Crippen LogP contribution in [0.1, 0.15) is 5.56 Å². The molecule has 0 bridgehead atoms. The molecule has 0 atom stereocenters. The number of hydrogen-bond acceptors (Lipinski definition) is 4. The van der Waals surface area contributed by atoms with Gasteiger partial charge in [-0.05, 0) is 35.9 Å². The van der Waals surface area contributed by atoms with Gasteiger partial charge in [0.1, 0.15) is 5.82 Å². The fourth-order valence-electron chi connectivity index (χ4n) is 1.81. The van der Waals surface area contributed by atoms with E-state index in [1.807, 2.05) is 18.2 Å². The van der Waals surface area contributed by atoms with Gasteiger partial charge in [0.25, 0.3) is 0 Å². The van der Waals surface area contributed by atoms with Crippen molar-refractivity contribution in [2.24, 2.45) is 0 Å². The summed E-state index contributed by atoms with van der Waals surface area (Å²) >= 11 is 5.71. The topological polar surface area (TPSA) is 42.5 Å². The third-order valence-electron chi connectivity index (χ3n) is 2.89. The molecule has 4 nitrogen and oxygen atoms in total. The molecule has 0 heterocycles. The summed E-state index contributed by atoms with van der Waals surface area (Å²) in [6, 6.07) is 10.1. The Labute approximate surface area is 127 Å². The Balaban J connectivity index is 1.95. The molecular formula is C15H16ClFN2O2. The zero-order valence-electron chi connectivity index (χ0n) is 11.7. The zero-order chi connectivity index (χ0) is 15.2. The number of hydrogen-bond donors (Lipinski definition) is 2. The Morgan fingerprint density at radius 1 is 1.05 bits per heavy atom. The Bertz CT molecular complexity index is 623. The lowest BCUT2D eigenvalue weighted by molar-refractivity contribution is 0.354. The van der Waals surface area contributed by atoms with Gasteiger partial charge in [-0.3, -0.25) is 0 Å². The third kappa shape index (κ3) is 4.00. The van der Waals surface area contributed by atoms with Crippen molar-refractivity contribution in [2.75, 3.05) is 19.6 Å². The van der Waals surface area contributed by atoms with Crippen LogP contribution >= 0.6 is 11.6 Å². The molecule has 2 rings (SSSR count). The molecule has 0 aliphatic rings. The van der Waals surface area contributed by atoms with E-state index in [0.717, 1.165) is 5.56 Å². The number of ether oxygens (including phenoxy) is 2. The number of rotatable bonds is 6. The molecule has 0 spiro atoms. The van der Waals surface area contributed by atoms with Crippen LogP contribution in [-0.2, 0) is 6.54 Å². The summed E-state index contributed by atoms with van der Waals surface area (Å²) < 4.78 is 23.5. The van der Waals surface area contributed by atoms with Gasteiger partial charge in [-0.25, -0.2) is 9.82 Å². The van der Waals surface area contributed by atoms with Gasteiger partial charge < -0.3 is 14.9 Å². The Hall–Kier alpha value is -1.98. The lowest BCUT2D eigenvalue weighted by Gasteiger charge is -2.12. The molecule has 112 valence electrons. The molecule has 0 radical (unpaired) electrons. The standard InChI is InChI=1S/C15H16ClFN2O2/c1-20-14-6-3-10(7-15(14)21-2)9-18-19-11-4-5-13(17)12(16)8-11/h3-8,18-19H,9H2,1-2H3. The van der Waals surface area contributed by atoms with E-state index in [2.05, 4.69) is 10.9 Å². The highest BCUT2D eigenvalue weighted by atomic mass is 35.5. The summed E-state index contributed by atoms with van der Waals surface area (Å²) in [7, 11) is 3.18. The van der Waals surface area contributed by atoms with Crippen molar-refractivity contribution in [1.82, 2.24) is 5.43 Å². The number of methoxy groups -OCH3 is 2. The third-order valence-corrected chi connectivity index (χ3v) is 3.18. The molecule has 0 saturated heterocycles. The van der Waals surface area contributed by atoms with Gasteiger partial charge in [0, 0.05) is 6.54 Å². The average molecular weight is 311 g/mol. The van der Waals surface area contributed by atoms with Crippen LogP contribution in [0.25, 0.3) is 0 Å². The maximum Gasteiger partial charge on any atom is 0.161 e. The van der Waals surface area contributed by atoms with E-state index < -0.39 is 5.82 Å². The molecule has 0 amide bonds. The highest BCUT2D eigenvalue weighted by Crippen LogP contribution is 2.27. The second-order valence-electron chi connectivity index (χ2n) is 4.30. The first-order valence-corrected chi connectivity index (χ1v) is 6.66. The van der Waals surface area contributed by atoms with Crippen LogP contribution in [0, 0.1) is 5.82 Å². The lowest BCUT2D eigenvalue weighted by Crippen LogP contribution is -2.20. The first-order valence-electron chi connectivity index (χ1n) is 6.29. The molecule has 0 aliphatic heterocycles. The molecule has 0 fully saturated rings. The molecule has 2 N–H and O–H groups in total. The van der Waals surface area contributed by atoms with E-state index in [4.69, 9.17) is 21.1 Å². The van der Waals surface area contributed by atoms with E-state index >= 15 is 0 Å². The number of halogens is 2. The Morgan fingerprint density at radius 3 is 2.48 bits per heavy atom. The Kier molecular flexibility index (Phi) is 5.25. The van der Waals surface area contributed by atoms with Crippen LogP contribution in [0.4, 0.5) is 10.1 Å². The van der Waals surface area contributed by atoms with Crippen molar-refractivity contribution in [3.8, 4) is 11.5 Å². The summed E-state index contributed by atoms with van der Waals surface area (Å²) in [5, 5.41) is 0.0768. The minimum absolute atomic E-state index is 0.0768. The van der Waals surface area contributed by atoms with Gasteiger partial charge in [0.2, 0.25) is 0 Å². The Morgan fingerprint density at radius 2 is 1.81 bits per heavy atom. The highest BCUT2D eigenvalue weighted by Gasteiger charge is 2.04. The van der Waals surface area contributed by atoms with Crippen LogP contribution in [-0.4, -0.2) is 14.2 Å². The van der Waals surface area contributed by atoms with Gasteiger partial charge in [-0.2, -0.15) is 0 Å². The largest absolute Gasteiger partial charge is 0.493 e. The molecule has 0 saturated carbocycles.